The highest BCUT2D eigenvalue weighted by molar-refractivity contribution is 7.89. The van der Waals surface area contributed by atoms with Gasteiger partial charge in [0.1, 0.15) is 4.90 Å². The molecule has 1 saturated heterocycles. The Morgan fingerprint density at radius 2 is 1.76 bits per heavy atom. The number of pyridine rings is 2. The number of amides is 1. The molecule has 1 aliphatic heterocycles. The third kappa shape index (κ3) is 3.43. The molecule has 1 amide bonds. The first-order chi connectivity index (χ1) is 13.9. The topological polar surface area (TPSA) is 92.6 Å². The molecule has 0 unspecified atom stereocenters. The predicted octanol–water partition coefficient (Wildman–Crippen LogP) is 1.08. The quantitative estimate of drug-likeness (QED) is 0.642. The van der Waals surface area contributed by atoms with Gasteiger partial charge in [-0.05, 0) is 18.2 Å². The molecular formula is C20H20N4O4S. The summed E-state index contributed by atoms with van der Waals surface area (Å²) < 4.78 is 28.3. The molecule has 29 heavy (non-hydrogen) atoms. The maximum absolute atomic E-state index is 13.1. The number of sulfonamides is 1. The van der Waals surface area contributed by atoms with Gasteiger partial charge in [0.05, 0.1) is 11.1 Å². The first-order valence-electron chi connectivity index (χ1n) is 9.18. The number of piperazine rings is 1. The molecule has 1 aliphatic rings. The van der Waals surface area contributed by atoms with Crippen LogP contribution < -0.4 is 5.56 Å². The van der Waals surface area contributed by atoms with Gasteiger partial charge in [-0.2, -0.15) is 4.31 Å². The molecule has 8 nitrogen and oxygen atoms in total. The van der Waals surface area contributed by atoms with Crippen LogP contribution in [0.15, 0.2) is 64.5 Å². The normalized spacial score (nSPS) is 15.6. The summed E-state index contributed by atoms with van der Waals surface area (Å²) in [7, 11) is -1.98. The Labute approximate surface area is 168 Å². The molecule has 1 fully saturated rings. The molecule has 3 aromatic rings. The van der Waals surface area contributed by atoms with Crippen molar-refractivity contribution in [1.29, 1.82) is 0 Å². The van der Waals surface area contributed by atoms with E-state index in [9.17, 15) is 18.0 Å². The zero-order valence-electron chi connectivity index (χ0n) is 15.9. The number of rotatable bonds is 3. The van der Waals surface area contributed by atoms with E-state index in [0.717, 1.165) is 0 Å². The molecule has 0 bridgehead atoms. The summed E-state index contributed by atoms with van der Waals surface area (Å²) in [5.41, 5.74) is 0.762. The van der Waals surface area contributed by atoms with Crippen LogP contribution in [0.25, 0.3) is 10.9 Å². The maximum Gasteiger partial charge on any atom is 0.254 e. The molecule has 0 saturated carbocycles. The standard InChI is InChI=1S/C20H20N4O4S/c1-22-18-7-3-2-6-16(18)17(13-19(22)25)20(26)23-9-11-24(12-10-23)29(27,28)15-5-4-8-21-14-15/h2-8,13-14H,9-12H2,1H3. The summed E-state index contributed by atoms with van der Waals surface area (Å²) >= 11 is 0. The zero-order valence-corrected chi connectivity index (χ0v) is 16.7. The lowest BCUT2D eigenvalue weighted by molar-refractivity contribution is 0.0699. The molecule has 0 spiro atoms. The lowest BCUT2D eigenvalue weighted by Gasteiger charge is -2.34. The Morgan fingerprint density at radius 1 is 1.03 bits per heavy atom. The summed E-state index contributed by atoms with van der Waals surface area (Å²) in [5, 5.41) is 0.699. The average molecular weight is 412 g/mol. The van der Waals surface area contributed by atoms with Gasteiger partial charge in [-0.25, -0.2) is 8.42 Å². The van der Waals surface area contributed by atoms with E-state index in [1.165, 1.54) is 33.4 Å². The second-order valence-electron chi connectivity index (χ2n) is 6.86. The summed E-state index contributed by atoms with van der Waals surface area (Å²) in [6, 6.07) is 11.7. The molecule has 2 aromatic heterocycles. The fourth-order valence-electron chi connectivity index (χ4n) is 3.54. The van der Waals surface area contributed by atoms with Gasteiger partial charge in [0, 0.05) is 57.1 Å². The van der Waals surface area contributed by atoms with Crippen LogP contribution in [-0.4, -0.2) is 59.3 Å². The third-order valence-corrected chi connectivity index (χ3v) is 7.06. The number of nitrogens with zero attached hydrogens (tertiary/aromatic N) is 4. The number of para-hydroxylation sites is 1. The van der Waals surface area contributed by atoms with Crippen LogP contribution in [0.1, 0.15) is 10.4 Å². The molecule has 0 N–H and O–H groups in total. The van der Waals surface area contributed by atoms with Gasteiger partial charge in [-0.1, -0.05) is 18.2 Å². The van der Waals surface area contributed by atoms with Crippen molar-refractivity contribution in [3.63, 3.8) is 0 Å². The van der Waals surface area contributed by atoms with E-state index in [0.29, 0.717) is 16.5 Å². The van der Waals surface area contributed by atoms with Gasteiger partial charge in [-0.15, -0.1) is 0 Å². The zero-order chi connectivity index (χ0) is 20.6. The number of hydrogen-bond acceptors (Lipinski definition) is 5. The van der Waals surface area contributed by atoms with Gasteiger partial charge in [-0.3, -0.25) is 14.6 Å². The Balaban J connectivity index is 1.57. The van der Waals surface area contributed by atoms with E-state index in [-0.39, 0.29) is 42.5 Å². The number of carbonyl (C=O) groups is 1. The first-order valence-corrected chi connectivity index (χ1v) is 10.6. The lowest BCUT2D eigenvalue weighted by Crippen LogP contribution is -2.50. The van der Waals surface area contributed by atoms with Crippen LogP contribution in [-0.2, 0) is 17.1 Å². The van der Waals surface area contributed by atoms with Crippen molar-refractivity contribution < 1.29 is 13.2 Å². The Morgan fingerprint density at radius 3 is 2.45 bits per heavy atom. The van der Waals surface area contributed by atoms with Crippen molar-refractivity contribution in [2.45, 2.75) is 4.90 Å². The summed E-state index contributed by atoms with van der Waals surface area (Å²) in [6.07, 6.45) is 2.84. The van der Waals surface area contributed by atoms with Crippen molar-refractivity contribution in [1.82, 2.24) is 18.8 Å². The molecule has 4 rings (SSSR count). The van der Waals surface area contributed by atoms with Crippen molar-refractivity contribution >= 4 is 26.8 Å². The second kappa shape index (κ2) is 7.41. The van der Waals surface area contributed by atoms with Gasteiger partial charge in [0.15, 0.2) is 0 Å². The minimum Gasteiger partial charge on any atom is -0.336 e. The van der Waals surface area contributed by atoms with Crippen molar-refractivity contribution in [2.24, 2.45) is 7.05 Å². The Kier molecular flexibility index (Phi) is 4.93. The van der Waals surface area contributed by atoms with Crippen molar-refractivity contribution in [3.8, 4) is 0 Å². The summed E-state index contributed by atoms with van der Waals surface area (Å²) in [4.78, 5) is 31.0. The first kappa shape index (κ1) is 19.3. The van der Waals surface area contributed by atoms with Crippen LogP contribution in [0.5, 0.6) is 0 Å². The molecular weight excluding hydrogens is 392 g/mol. The van der Waals surface area contributed by atoms with Crippen LogP contribution in [0.2, 0.25) is 0 Å². The van der Waals surface area contributed by atoms with Crippen LogP contribution in [0.4, 0.5) is 0 Å². The average Bonchev–Trinajstić information content (AvgIpc) is 2.76. The second-order valence-corrected chi connectivity index (χ2v) is 8.80. The number of carbonyl (C=O) groups excluding carboxylic acids is 1. The third-order valence-electron chi connectivity index (χ3n) is 5.18. The van der Waals surface area contributed by atoms with E-state index < -0.39 is 10.0 Å². The predicted molar refractivity (Wildman–Crippen MR) is 108 cm³/mol. The summed E-state index contributed by atoms with van der Waals surface area (Å²) in [6.45, 7) is 0.876. The summed E-state index contributed by atoms with van der Waals surface area (Å²) in [5.74, 6) is -0.266. The molecule has 0 aliphatic carbocycles. The van der Waals surface area contributed by atoms with Gasteiger partial charge < -0.3 is 9.47 Å². The van der Waals surface area contributed by atoms with Gasteiger partial charge >= 0.3 is 0 Å². The SMILES string of the molecule is Cn1c(=O)cc(C(=O)N2CCN(S(=O)(=O)c3cccnc3)CC2)c2ccccc21. The number of aryl methyl sites for hydroxylation is 1. The smallest absolute Gasteiger partial charge is 0.254 e. The minimum absolute atomic E-state index is 0.136. The van der Waals surface area contributed by atoms with Crippen molar-refractivity contribution in [3.05, 3.63) is 70.8 Å². The van der Waals surface area contributed by atoms with Gasteiger partial charge in [0.2, 0.25) is 10.0 Å². The largest absolute Gasteiger partial charge is 0.336 e. The van der Waals surface area contributed by atoms with E-state index in [1.54, 1.807) is 24.1 Å². The number of aromatic nitrogens is 2. The Bertz CT molecular complexity index is 1230. The van der Waals surface area contributed by atoms with Crippen LogP contribution >= 0.6 is 0 Å². The fraction of sp³-hybridized carbons (Fsp3) is 0.250. The number of hydrogen-bond donors (Lipinski definition) is 0. The highest BCUT2D eigenvalue weighted by atomic mass is 32.2. The fourth-order valence-corrected chi connectivity index (χ4v) is 4.92. The molecule has 3 heterocycles. The van der Waals surface area contributed by atoms with Crippen molar-refractivity contribution in [2.75, 3.05) is 26.2 Å². The highest BCUT2D eigenvalue weighted by Crippen LogP contribution is 2.21. The Hall–Kier alpha value is -3.04. The maximum atomic E-state index is 13.1. The minimum atomic E-state index is -3.64. The monoisotopic (exact) mass is 412 g/mol. The van der Waals surface area contributed by atoms with Crippen LogP contribution in [0.3, 0.4) is 0 Å². The van der Waals surface area contributed by atoms with E-state index in [2.05, 4.69) is 4.98 Å². The molecule has 150 valence electrons. The van der Waals surface area contributed by atoms with E-state index in [1.807, 2.05) is 18.2 Å². The van der Waals surface area contributed by atoms with Gasteiger partial charge in [0.25, 0.3) is 11.5 Å². The number of fused-ring (bicyclic) bond motifs is 1. The number of benzene rings is 1. The molecule has 0 atom stereocenters. The molecule has 9 heteroatoms. The molecule has 1 aromatic carbocycles. The lowest BCUT2D eigenvalue weighted by atomic mass is 10.1. The van der Waals surface area contributed by atoms with Crippen LogP contribution in [0, 0.1) is 0 Å². The van der Waals surface area contributed by atoms with E-state index in [4.69, 9.17) is 0 Å². The molecule has 0 radical (unpaired) electrons. The van der Waals surface area contributed by atoms with E-state index >= 15 is 0 Å². The highest BCUT2D eigenvalue weighted by Gasteiger charge is 2.31.